The van der Waals surface area contributed by atoms with Gasteiger partial charge in [0, 0.05) is 20.1 Å². The van der Waals surface area contributed by atoms with Crippen LogP contribution in [0, 0.1) is 0 Å². The van der Waals surface area contributed by atoms with E-state index in [0.29, 0.717) is 13.0 Å². The van der Waals surface area contributed by atoms with Crippen LogP contribution in [-0.4, -0.2) is 29.8 Å². The molecular weight excluding hydrogens is 350 g/mol. The topological polar surface area (TPSA) is 73.1 Å². The van der Waals surface area contributed by atoms with Crippen molar-refractivity contribution < 1.29 is 8.42 Å². The third-order valence-electron chi connectivity index (χ3n) is 4.43. The van der Waals surface area contributed by atoms with Crippen molar-refractivity contribution in [1.29, 1.82) is 0 Å². The minimum atomic E-state index is -3.35. The van der Waals surface area contributed by atoms with E-state index in [0.717, 1.165) is 23.0 Å². The molecule has 0 atom stereocenters. The molecular formula is C19H23N3O3S. The Labute approximate surface area is 153 Å². The van der Waals surface area contributed by atoms with Gasteiger partial charge in [-0.3, -0.25) is 9.13 Å². The first-order valence-electron chi connectivity index (χ1n) is 8.63. The Morgan fingerprint density at radius 1 is 0.962 bits per heavy atom. The lowest BCUT2D eigenvalue weighted by atomic mass is 10.1. The van der Waals surface area contributed by atoms with Crippen LogP contribution >= 0.6 is 0 Å². The van der Waals surface area contributed by atoms with E-state index < -0.39 is 10.0 Å². The molecule has 0 bridgehead atoms. The second kappa shape index (κ2) is 7.88. The Bertz CT molecular complexity index is 1040. The molecule has 1 aromatic heterocycles. The Kier molecular flexibility index (Phi) is 5.58. The zero-order valence-electron chi connectivity index (χ0n) is 14.8. The number of hydrogen-bond donors (Lipinski definition) is 1. The van der Waals surface area contributed by atoms with Crippen molar-refractivity contribution in [2.45, 2.75) is 19.4 Å². The number of nitrogens with zero attached hydrogens (tertiary/aromatic N) is 2. The molecule has 0 fully saturated rings. The van der Waals surface area contributed by atoms with E-state index in [9.17, 15) is 13.2 Å². The second-order valence-corrected chi connectivity index (χ2v) is 8.21. The highest BCUT2D eigenvalue weighted by Crippen LogP contribution is 2.11. The zero-order valence-corrected chi connectivity index (χ0v) is 15.6. The molecule has 6 nitrogen and oxygen atoms in total. The molecule has 0 aliphatic heterocycles. The zero-order chi connectivity index (χ0) is 18.6. The summed E-state index contributed by atoms with van der Waals surface area (Å²) in [5.41, 5.74) is 2.63. The quantitative estimate of drug-likeness (QED) is 0.655. The fraction of sp³-hybridized carbons (Fsp3) is 0.316. The maximum atomic E-state index is 12.3. The van der Waals surface area contributed by atoms with E-state index in [1.54, 1.807) is 16.2 Å². The average molecular weight is 373 g/mol. The van der Waals surface area contributed by atoms with Crippen molar-refractivity contribution in [2.75, 3.05) is 12.3 Å². The Morgan fingerprint density at radius 3 is 2.35 bits per heavy atom. The smallest absolute Gasteiger partial charge is 0.295 e. The Balaban J connectivity index is 1.56. The van der Waals surface area contributed by atoms with Crippen LogP contribution in [0.1, 0.15) is 12.0 Å². The number of benzene rings is 2. The van der Waals surface area contributed by atoms with Crippen LogP contribution in [0.5, 0.6) is 0 Å². The lowest BCUT2D eigenvalue weighted by Gasteiger charge is -2.08. The third kappa shape index (κ3) is 4.23. The van der Waals surface area contributed by atoms with Gasteiger partial charge in [0.15, 0.2) is 0 Å². The number of nitrogens with one attached hydrogen (secondary N) is 1. The molecule has 1 N–H and O–H groups in total. The lowest BCUT2D eigenvalue weighted by molar-refractivity contribution is 0.568. The second-order valence-electron chi connectivity index (χ2n) is 6.28. The Morgan fingerprint density at radius 2 is 1.62 bits per heavy atom. The largest absolute Gasteiger partial charge is 0.328 e. The minimum absolute atomic E-state index is 0.0757. The van der Waals surface area contributed by atoms with Crippen LogP contribution < -0.4 is 10.4 Å². The summed E-state index contributed by atoms with van der Waals surface area (Å²) in [6, 6.07) is 17.3. The van der Waals surface area contributed by atoms with Crippen molar-refractivity contribution in [3.63, 3.8) is 0 Å². The molecule has 0 unspecified atom stereocenters. The van der Waals surface area contributed by atoms with Gasteiger partial charge in [-0.1, -0.05) is 42.5 Å². The van der Waals surface area contributed by atoms with Crippen LogP contribution in [0.25, 0.3) is 11.0 Å². The number of fused-ring (bicyclic) bond motifs is 1. The van der Waals surface area contributed by atoms with E-state index >= 15 is 0 Å². The number of aromatic nitrogens is 2. The van der Waals surface area contributed by atoms with Gasteiger partial charge in [-0.15, -0.1) is 0 Å². The molecule has 0 aliphatic carbocycles. The predicted octanol–water partition coefficient (Wildman–Crippen LogP) is 1.89. The fourth-order valence-corrected chi connectivity index (χ4v) is 4.15. The number of imidazole rings is 1. The van der Waals surface area contributed by atoms with E-state index in [1.807, 2.05) is 54.6 Å². The number of rotatable bonds is 8. The van der Waals surface area contributed by atoms with Crippen molar-refractivity contribution in [2.24, 2.45) is 7.05 Å². The normalized spacial score (nSPS) is 11.9. The van der Waals surface area contributed by atoms with Gasteiger partial charge in [0.1, 0.15) is 0 Å². The van der Waals surface area contributed by atoms with Crippen LogP contribution in [0.3, 0.4) is 0 Å². The highest BCUT2D eigenvalue weighted by molar-refractivity contribution is 7.89. The Hall–Kier alpha value is -2.38. The van der Waals surface area contributed by atoms with Crippen molar-refractivity contribution in [1.82, 2.24) is 13.9 Å². The fourth-order valence-electron chi connectivity index (χ4n) is 3.08. The van der Waals surface area contributed by atoms with Gasteiger partial charge in [0.05, 0.1) is 16.8 Å². The number of aryl methyl sites for hydroxylation is 2. The summed E-state index contributed by atoms with van der Waals surface area (Å²) in [5, 5.41) is 0. The first-order chi connectivity index (χ1) is 12.5. The summed E-state index contributed by atoms with van der Waals surface area (Å²) in [6.45, 7) is 0.500. The minimum Gasteiger partial charge on any atom is -0.295 e. The maximum Gasteiger partial charge on any atom is 0.328 e. The van der Waals surface area contributed by atoms with Gasteiger partial charge < -0.3 is 0 Å². The highest BCUT2D eigenvalue weighted by Gasteiger charge is 2.12. The van der Waals surface area contributed by atoms with Crippen molar-refractivity contribution >= 4 is 21.1 Å². The van der Waals surface area contributed by atoms with Crippen molar-refractivity contribution in [3.05, 3.63) is 70.6 Å². The average Bonchev–Trinajstić information content (AvgIpc) is 2.88. The van der Waals surface area contributed by atoms with Crippen LogP contribution in [0.2, 0.25) is 0 Å². The third-order valence-corrected chi connectivity index (χ3v) is 5.90. The van der Waals surface area contributed by atoms with Gasteiger partial charge in [-0.2, -0.15) is 0 Å². The van der Waals surface area contributed by atoms with Crippen LogP contribution in [0.15, 0.2) is 59.4 Å². The van der Waals surface area contributed by atoms with Gasteiger partial charge in [-0.05, 0) is 30.5 Å². The first kappa shape index (κ1) is 18.4. The maximum absolute atomic E-state index is 12.3. The number of para-hydroxylation sites is 2. The summed E-state index contributed by atoms with van der Waals surface area (Å²) >= 11 is 0. The summed E-state index contributed by atoms with van der Waals surface area (Å²) < 4.78 is 30.1. The summed E-state index contributed by atoms with van der Waals surface area (Å²) in [6.07, 6.45) is 1.29. The van der Waals surface area contributed by atoms with Gasteiger partial charge in [-0.25, -0.2) is 17.9 Å². The van der Waals surface area contributed by atoms with E-state index in [4.69, 9.17) is 0 Å². The number of sulfonamides is 1. The van der Waals surface area contributed by atoms with Crippen LogP contribution in [0.4, 0.5) is 0 Å². The van der Waals surface area contributed by atoms with E-state index in [-0.39, 0.29) is 18.0 Å². The van der Waals surface area contributed by atoms with Crippen molar-refractivity contribution in [3.8, 4) is 0 Å². The molecule has 7 heteroatoms. The van der Waals surface area contributed by atoms with Crippen LogP contribution in [-0.2, 0) is 30.0 Å². The molecule has 0 amide bonds. The number of hydrogen-bond acceptors (Lipinski definition) is 3. The van der Waals surface area contributed by atoms with E-state index in [2.05, 4.69) is 4.72 Å². The van der Waals surface area contributed by atoms with Gasteiger partial charge >= 0.3 is 5.69 Å². The lowest BCUT2D eigenvalue weighted by Crippen LogP contribution is -2.32. The van der Waals surface area contributed by atoms with Gasteiger partial charge in [0.2, 0.25) is 10.0 Å². The molecule has 0 spiro atoms. The van der Waals surface area contributed by atoms with E-state index in [1.165, 1.54) is 0 Å². The first-order valence-corrected chi connectivity index (χ1v) is 10.3. The molecule has 3 aromatic rings. The molecule has 2 aromatic carbocycles. The van der Waals surface area contributed by atoms with Gasteiger partial charge in [0.25, 0.3) is 0 Å². The standard InChI is InChI=1S/C19H23N3O3S/c1-21-17-11-5-6-12-18(17)22(19(21)23)14-13-20-26(24,25)15-7-10-16-8-3-2-4-9-16/h2-6,8-9,11-12,20H,7,10,13-15H2,1H3. The molecule has 1 heterocycles. The monoisotopic (exact) mass is 373 g/mol. The molecule has 26 heavy (non-hydrogen) atoms. The SMILES string of the molecule is Cn1c(=O)n(CCNS(=O)(=O)CCCc2ccccc2)c2ccccc21. The molecule has 0 radical (unpaired) electrons. The molecule has 0 saturated carbocycles. The summed E-state index contributed by atoms with van der Waals surface area (Å²) in [7, 11) is -1.64. The molecule has 138 valence electrons. The predicted molar refractivity (Wildman–Crippen MR) is 104 cm³/mol. The highest BCUT2D eigenvalue weighted by atomic mass is 32.2. The summed E-state index contributed by atoms with van der Waals surface area (Å²) in [4.78, 5) is 12.3. The molecule has 0 saturated heterocycles. The summed E-state index contributed by atoms with van der Waals surface area (Å²) in [5.74, 6) is 0.0757. The molecule has 3 rings (SSSR count). The molecule has 0 aliphatic rings.